The number of carbonyl (C=O) groups excluding carboxylic acids is 1. The Kier molecular flexibility index (Phi) is 2.36. The summed E-state index contributed by atoms with van der Waals surface area (Å²) in [5, 5.41) is 4.16. The van der Waals surface area contributed by atoms with Gasteiger partial charge in [0.1, 0.15) is 0 Å². The van der Waals surface area contributed by atoms with E-state index in [1.54, 1.807) is 0 Å². The van der Waals surface area contributed by atoms with E-state index in [0.29, 0.717) is 13.2 Å². The van der Waals surface area contributed by atoms with Gasteiger partial charge in [0.15, 0.2) is 0 Å². The van der Waals surface area contributed by atoms with Gasteiger partial charge in [-0.05, 0) is 0 Å². The van der Waals surface area contributed by atoms with Gasteiger partial charge in [0.25, 0.3) is 6.08 Å². The van der Waals surface area contributed by atoms with Crippen LogP contribution in [0, 0.1) is 0 Å². The molecule has 0 aromatic heterocycles. The highest BCUT2D eigenvalue weighted by Crippen LogP contribution is 2.06. The summed E-state index contributed by atoms with van der Waals surface area (Å²) in [7, 11) is 0. The van der Waals surface area contributed by atoms with Crippen molar-refractivity contribution in [1.29, 1.82) is 0 Å². The molecule has 4 nitrogen and oxygen atoms in total. The largest absolute Gasteiger partial charge is 0.374 e. The second kappa shape index (κ2) is 3.29. The minimum atomic E-state index is -1.30. The molecule has 1 rings (SSSR count). The Balaban J connectivity index is 2.47. The molecule has 0 aromatic carbocycles. The van der Waals surface area contributed by atoms with Crippen molar-refractivity contribution in [2.75, 3.05) is 19.8 Å². The molecule has 0 aliphatic carbocycles. The third-order valence-electron chi connectivity index (χ3n) is 1.21. The second-order valence-corrected chi connectivity index (χ2v) is 1.86. The number of nitrogens with zero attached hydrogens (tertiary/aromatic N) is 2. The van der Waals surface area contributed by atoms with Crippen molar-refractivity contribution >= 4 is 6.08 Å². The first kappa shape index (κ1) is 7.18. The smallest absolute Gasteiger partial charge is 0.258 e. The Hall–Kier alpha value is -0.930. The molecule has 1 atom stereocenters. The SMILES string of the molecule is O=C=NN1CCOCC1F. The van der Waals surface area contributed by atoms with Crippen molar-refractivity contribution in [3.8, 4) is 0 Å². The van der Waals surface area contributed by atoms with Gasteiger partial charge in [-0.1, -0.05) is 5.10 Å². The average Bonchev–Trinajstić information content (AvgIpc) is 1.94. The minimum absolute atomic E-state index is 0.0226. The fourth-order valence-electron chi connectivity index (χ4n) is 0.730. The summed E-state index contributed by atoms with van der Waals surface area (Å²) >= 11 is 0. The highest BCUT2D eigenvalue weighted by atomic mass is 19.1. The van der Waals surface area contributed by atoms with Crippen LogP contribution in [0.1, 0.15) is 0 Å². The summed E-state index contributed by atoms with van der Waals surface area (Å²) in [5.74, 6) is 0. The topological polar surface area (TPSA) is 41.9 Å². The van der Waals surface area contributed by atoms with E-state index < -0.39 is 6.30 Å². The number of isocyanates is 1. The number of hydrogen-bond donors (Lipinski definition) is 0. The van der Waals surface area contributed by atoms with Crippen LogP contribution < -0.4 is 0 Å². The van der Waals surface area contributed by atoms with E-state index in [9.17, 15) is 9.18 Å². The minimum Gasteiger partial charge on any atom is -0.374 e. The molecule has 5 heteroatoms. The molecule has 0 saturated carbocycles. The molecule has 1 unspecified atom stereocenters. The van der Waals surface area contributed by atoms with Crippen LogP contribution in [-0.4, -0.2) is 37.1 Å². The van der Waals surface area contributed by atoms with Gasteiger partial charge in [-0.2, -0.15) is 0 Å². The molecular formula is C5H7FN2O2. The van der Waals surface area contributed by atoms with Crippen LogP contribution in [0.2, 0.25) is 0 Å². The van der Waals surface area contributed by atoms with E-state index in [1.807, 2.05) is 0 Å². The van der Waals surface area contributed by atoms with E-state index in [-0.39, 0.29) is 6.61 Å². The Morgan fingerprint density at radius 1 is 1.80 bits per heavy atom. The van der Waals surface area contributed by atoms with E-state index in [2.05, 4.69) is 5.10 Å². The summed E-state index contributed by atoms with van der Waals surface area (Å²) in [6.07, 6.45) is -0.0229. The maximum atomic E-state index is 12.6. The van der Waals surface area contributed by atoms with Crippen LogP contribution in [0.3, 0.4) is 0 Å². The molecule has 56 valence electrons. The molecule has 0 N–H and O–H groups in total. The van der Waals surface area contributed by atoms with Crippen molar-refractivity contribution in [2.45, 2.75) is 6.30 Å². The van der Waals surface area contributed by atoms with Gasteiger partial charge in [0.2, 0.25) is 6.30 Å². The van der Waals surface area contributed by atoms with Gasteiger partial charge in [-0.3, -0.25) is 0 Å². The maximum Gasteiger partial charge on any atom is 0.258 e. The fraction of sp³-hybridized carbons (Fsp3) is 0.800. The van der Waals surface area contributed by atoms with Crippen LogP contribution in [0.5, 0.6) is 0 Å². The van der Waals surface area contributed by atoms with Crippen LogP contribution in [-0.2, 0) is 9.53 Å². The summed E-state index contributed by atoms with van der Waals surface area (Å²) in [5.41, 5.74) is 0. The quantitative estimate of drug-likeness (QED) is 0.294. The maximum absolute atomic E-state index is 12.6. The lowest BCUT2D eigenvalue weighted by Crippen LogP contribution is -2.38. The molecule has 1 aliphatic rings. The number of rotatable bonds is 1. The van der Waals surface area contributed by atoms with E-state index in [1.165, 1.54) is 6.08 Å². The lowest BCUT2D eigenvalue weighted by atomic mass is 10.5. The third kappa shape index (κ3) is 1.52. The number of halogens is 1. The Bertz CT molecular complexity index is 158. The number of morpholine rings is 1. The standard InChI is InChI=1S/C5H7FN2O2/c6-5-3-10-2-1-8(5)7-4-9/h5H,1-3H2. The van der Waals surface area contributed by atoms with Crippen molar-refractivity contribution in [1.82, 2.24) is 5.01 Å². The summed E-state index contributed by atoms with van der Waals surface area (Å²) in [6, 6.07) is 0. The first-order valence-corrected chi connectivity index (χ1v) is 2.91. The van der Waals surface area contributed by atoms with E-state index in [0.717, 1.165) is 5.01 Å². The monoisotopic (exact) mass is 146 g/mol. The molecule has 0 spiro atoms. The third-order valence-corrected chi connectivity index (χ3v) is 1.21. The zero-order valence-corrected chi connectivity index (χ0v) is 5.29. The van der Waals surface area contributed by atoms with Crippen molar-refractivity contribution in [3.05, 3.63) is 0 Å². The number of hydrogen-bond acceptors (Lipinski definition) is 4. The van der Waals surface area contributed by atoms with Gasteiger partial charge < -0.3 is 4.74 Å². The molecule has 0 bridgehead atoms. The van der Waals surface area contributed by atoms with Crippen molar-refractivity contribution in [2.24, 2.45) is 5.10 Å². The Morgan fingerprint density at radius 2 is 2.60 bits per heavy atom. The normalized spacial score (nSPS) is 25.7. The zero-order valence-electron chi connectivity index (χ0n) is 5.29. The van der Waals surface area contributed by atoms with Crippen LogP contribution in [0.15, 0.2) is 5.10 Å². The molecule has 1 fully saturated rings. The van der Waals surface area contributed by atoms with Gasteiger partial charge in [-0.25, -0.2) is 14.2 Å². The van der Waals surface area contributed by atoms with E-state index in [4.69, 9.17) is 4.74 Å². The van der Waals surface area contributed by atoms with Crippen molar-refractivity contribution < 1.29 is 13.9 Å². The Morgan fingerprint density at radius 3 is 3.20 bits per heavy atom. The summed E-state index contributed by atoms with van der Waals surface area (Å²) in [4.78, 5) is 9.68. The zero-order chi connectivity index (χ0) is 7.40. The molecule has 1 aliphatic heterocycles. The second-order valence-electron chi connectivity index (χ2n) is 1.86. The predicted octanol–water partition coefficient (Wildman–Crippen LogP) is -0.135. The number of alkyl halides is 1. The summed E-state index contributed by atoms with van der Waals surface area (Å²) in [6.45, 7) is 0.702. The highest BCUT2D eigenvalue weighted by molar-refractivity contribution is 5.32. The molecule has 1 saturated heterocycles. The number of ether oxygens (including phenoxy) is 1. The molecule has 0 radical (unpaired) electrons. The average molecular weight is 146 g/mol. The molecule has 0 amide bonds. The highest BCUT2D eigenvalue weighted by Gasteiger charge is 2.20. The van der Waals surface area contributed by atoms with Crippen LogP contribution in [0.4, 0.5) is 4.39 Å². The lowest BCUT2D eigenvalue weighted by Gasteiger charge is -2.25. The first-order chi connectivity index (χ1) is 4.84. The van der Waals surface area contributed by atoms with Gasteiger partial charge in [0.05, 0.1) is 19.8 Å². The van der Waals surface area contributed by atoms with Gasteiger partial charge in [-0.15, -0.1) is 0 Å². The van der Waals surface area contributed by atoms with Gasteiger partial charge >= 0.3 is 0 Å². The van der Waals surface area contributed by atoms with Crippen molar-refractivity contribution in [3.63, 3.8) is 0 Å². The van der Waals surface area contributed by atoms with E-state index >= 15 is 0 Å². The molecule has 10 heavy (non-hydrogen) atoms. The summed E-state index contributed by atoms with van der Waals surface area (Å²) < 4.78 is 17.3. The number of hydrazone groups is 1. The first-order valence-electron chi connectivity index (χ1n) is 2.91. The Labute approximate surface area is 57.3 Å². The molecule has 1 heterocycles. The van der Waals surface area contributed by atoms with Gasteiger partial charge in [0, 0.05) is 0 Å². The molecular weight excluding hydrogens is 139 g/mol. The molecule has 0 aromatic rings. The van der Waals surface area contributed by atoms with Crippen LogP contribution in [0.25, 0.3) is 0 Å². The predicted molar refractivity (Wildman–Crippen MR) is 30.5 cm³/mol. The lowest BCUT2D eigenvalue weighted by molar-refractivity contribution is -0.0616. The fourth-order valence-corrected chi connectivity index (χ4v) is 0.730. The van der Waals surface area contributed by atoms with Crippen LogP contribution >= 0.6 is 0 Å².